The fourth-order valence-corrected chi connectivity index (χ4v) is 3.75. The van der Waals surface area contributed by atoms with Crippen LogP contribution < -0.4 is 23.6 Å². The Hall–Kier alpha value is -0.630. The van der Waals surface area contributed by atoms with Crippen molar-refractivity contribution in [1.82, 2.24) is 0 Å². The molecule has 0 amide bonds. The molecule has 1 aromatic rings. The predicted octanol–water partition coefficient (Wildman–Crippen LogP) is 0.807. The molecule has 17 heavy (non-hydrogen) atoms. The fraction of sp³-hybridized carbons (Fsp3) is 0.500. The summed E-state index contributed by atoms with van der Waals surface area (Å²) in [7, 11) is 4.87. The Morgan fingerprint density at radius 2 is 1.65 bits per heavy atom. The third-order valence-electron chi connectivity index (χ3n) is 2.15. The Kier molecular flexibility index (Phi) is 5.90. The standard InChI is InChI=1S/C12H19NO3Te/c1-8(13)7-17-9-5-10(14-2)12(16-4)11(6-9)15-3/h5-6,8H,7,13H2,1-4H3. The van der Waals surface area contributed by atoms with Crippen LogP contribution in [-0.2, 0) is 0 Å². The summed E-state index contributed by atoms with van der Waals surface area (Å²) >= 11 is -0.302. The van der Waals surface area contributed by atoms with E-state index in [0.29, 0.717) is 5.75 Å². The molecule has 0 bridgehead atoms. The normalized spacial score (nSPS) is 12.1. The van der Waals surface area contributed by atoms with Crippen LogP contribution in [0.5, 0.6) is 17.2 Å². The zero-order valence-corrected chi connectivity index (χ0v) is 13.0. The first kappa shape index (κ1) is 14.4. The molecule has 1 atom stereocenters. The van der Waals surface area contributed by atoms with Gasteiger partial charge in [0, 0.05) is 0 Å². The summed E-state index contributed by atoms with van der Waals surface area (Å²) < 4.78 is 18.2. The summed E-state index contributed by atoms with van der Waals surface area (Å²) in [4.78, 5) is 0. The number of ether oxygens (including phenoxy) is 3. The van der Waals surface area contributed by atoms with Gasteiger partial charge in [0.15, 0.2) is 0 Å². The molecule has 1 aromatic carbocycles. The number of nitrogens with two attached hydrogens (primary N) is 1. The van der Waals surface area contributed by atoms with Gasteiger partial charge in [0.1, 0.15) is 0 Å². The van der Waals surface area contributed by atoms with Crippen molar-refractivity contribution in [1.29, 1.82) is 0 Å². The summed E-state index contributed by atoms with van der Waals surface area (Å²) in [6, 6.07) is 4.29. The maximum absolute atomic E-state index is 5.78. The number of hydrogen-bond donors (Lipinski definition) is 1. The second-order valence-corrected chi connectivity index (χ2v) is 6.77. The van der Waals surface area contributed by atoms with E-state index in [9.17, 15) is 0 Å². The third kappa shape index (κ3) is 3.95. The fourth-order valence-electron chi connectivity index (χ4n) is 1.37. The zero-order valence-electron chi connectivity index (χ0n) is 10.6. The first-order valence-corrected chi connectivity index (χ1v) is 8.12. The minimum absolute atomic E-state index is 0.247. The molecule has 5 heteroatoms. The van der Waals surface area contributed by atoms with E-state index in [0.717, 1.165) is 16.0 Å². The van der Waals surface area contributed by atoms with Crippen LogP contribution in [0, 0.1) is 0 Å². The summed E-state index contributed by atoms with van der Waals surface area (Å²) in [5.74, 6) is 2.08. The van der Waals surface area contributed by atoms with E-state index in [4.69, 9.17) is 19.9 Å². The summed E-state index contributed by atoms with van der Waals surface area (Å²) in [5.41, 5.74) is 5.78. The van der Waals surface area contributed by atoms with Gasteiger partial charge in [0.05, 0.1) is 0 Å². The zero-order chi connectivity index (χ0) is 12.8. The van der Waals surface area contributed by atoms with Crippen LogP contribution in [0.4, 0.5) is 0 Å². The molecule has 0 spiro atoms. The third-order valence-corrected chi connectivity index (χ3v) is 5.75. The first-order valence-electron chi connectivity index (χ1n) is 5.30. The van der Waals surface area contributed by atoms with E-state index >= 15 is 0 Å². The monoisotopic (exact) mass is 355 g/mol. The minimum atomic E-state index is -0.302. The molecule has 96 valence electrons. The van der Waals surface area contributed by atoms with Gasteiger partial charge in [-0.05, 0) is 0 Å². The van der Waals surface area contributed by atoms with Gasteiger partial charge in [-0.25, -0.2) is 0 Å². The van der Waals surface area contributed by atoms with Gasteiger partial charge < -0.3 is 0 Å². The van der Waals surface area contributed by atoms with Crippen LogP contribution in [0.1, 0.15) is 6.92 Å². The molecule has 0 heterocycles. The summed E-state index contributed by atoms with van der Waals surface area (Å²) in [6.07, 6.45) is 0. The Morgan fingerprint density at radius 3 is 2.00 bits per heavy atom. The molecule has 2 N–H and O–H groups in total. The molecule has 1 unspecified atom stereocenters. The van der Waals surface area contributed by atoms with Crippen molar-refractivity contribution >= 4 is 24.5 Å². The van der Waals surface area contributed by atoms with Gasteiger partial charge in [0.25, 0.3) is 0 Å². The van der Waals surface area contributed by atoms with E-state index in [-0.39, 0.29) is 27.0 Å². The molecule has 0 saturated carbocycles. The van der Waals surface area contributed by atoms with Gasteiger partial charge in [-0.2, -0.15) is 0 Å². The van der Waals surface area contributed by atoms with E-state index in [2.05, 4.69) is 0 Å². The van der Waals surface area contributed by atoms with Crippen molar-refractivity contribution in [2.75, 3.05) is 21.3 Å². The first-order chi connectivity index (χ1) is 8.12. The van der Waals surface area contributed by atoms with Crippen molar-refractivity contribution in [3.63, 3.8) is 0 Å². The topological polar surface area (TPSA) is 53.7 Å². The van der Waals surface area contributed by atoms with Crippen molar-refractivity contribution in [3.8, 4) is 17.2 Å². The molecular weight excluding hydrogens is 334 g/mol. The Morgan fingerprint density at radius 1 is 1.12 bits per heavy atom. The predicted molar refractivity (Wildman–Crippen MR) is 69.9 cm³/mol. The van der Waals surface area contributed by atoms with Crippen molar-refractivity contribution < 1.29 is 14.2 Å². The van der Waals surface area contributed by atoms with Crippen LogP contribution in [0.2, 0.25) is 4.47 Å². The quantitative estimate of drug-likeness (QED) is 0.770. The van der Waals surface area contributed by atoms with Gasteiger partial charge in [0.2, 0.25) is 0 Å². The molecular formula is C12H19NO3Te. The molecule has 0 aromatic heterocycles. The molecule has 0 aliphatic heterocycles. The Labute approximate surface area is 113 Å². The summed E-state index contributed by atoms with van der Waals surface area (Å²) in [6.45, 7) is 2.03. The van der Waals surface area contributed by atoms with Crippen molar-refractivity contribution in [2.45, 2.75) is 17.4 Å². The molecule has 0 radical (unpaired) electrons. The second-order valence-electron chi connectivity index (χ2n) is 3.65. The molecule has 0 aliphatic rings. The molecule has 0 aliphatic carbocycles. The van der Waals surface area contributed by atoms with Gasteiger partial charge in [-0.3, -0.25) is 0 Å². The number of benzene rings is 1. The molecule has 0 saturated heterocycles. The number of rotatable bonds is 6. The number of methoxy groups -OCH3 is 3. The van der Waals surface area contributed by atoms with E-state index in [1.165, 1.54) is 3.61 Å². The maximum atomic E-state index is 5.78. The summed E-state index contributed by atoms with van der Waals surface area (Å²) in [5, 5.41) is 0. The Balaban J connectivity index is 3.00. The van der Waals surface area contributed by atoms with E-state index in [1.54, 1.807) is 21.3 Å². The van der Waals surface area contributed by atoms with Crippen LogP contribution in [-0.4, -0.2) is 48.3 Å². The average molecular weight is 353 g/mol. The van der Waals surface area contributed by atoms with Crippen molar-refractivity contribution in [2.24, 2.45) is 5.73 Å². The van der Waals surface area contributed by atoms with Gasteiger partial charge >= 0.3 is 113 Å². The van der Waals surface area contributed by atoms with Gasteiger partial charge in [-0.15, -0.1) is 0 Å². The van der Waals surface area contributed by atoms with Crippen LogP contribution in [0.3, 0.4) is 0 Å². The molecule has 4 nitrogen and oxygen atoms in total. The van der Waals surface area contributed by atoms with Crippen LogP contribution in [0.15, 0.2) is 12.1 Å². The van der Waals surface area contributed by atoms with Gasteiger partial charge in [-0.1, -0.05) is 0 Å². The molecule has 0 fully saturated rings. The SMILES string of the molecule is COc1cc([Te]CC(C)N)cc(OC)c1OC. The van der Waals surface area contributed by atoms with E-state index in [1.807, 2.05) is 19.1 Å². The number of hydrogen-bond acceptors (Lipinski definition) is 4. The van der Waals surface area contributed by atoms with Crippen LogP contribution in [0.25, 0.3) is 0 Å². The Bertz CT molecular complexity index is 344. The average Bonchev–Trinajstić information content (AvgIpc) is 2.34. The van der Waals surface area contributed by atoms with Crippen molar-refractivity contribution in [3.05, 3.63) is 12.1 Å². The second kappa shape index (κ2) is 6.95. The van der Waals surface area contributed by atoms with E-state index < -0.39 is 0 Å². The van der Waals surface area contributed by atoms with Crippen LogP contribution >= 0.6 is 0 Å². The molecule has 1 rings (SSSR count).